The minimum atomic E-state index is 0.219. The molecule has 0 aliphatic heterocycles. The average Bonchev–Trinajstić information content (AvgIpc) is 2.18. The summed E-state index contributed by atoms with van der Waals surface area (Å²) in [5, 5.41) is 0. The summed E-state index contributed by atoms with van der Waals surface area (Å²) >= 11 is 0. The molecule has 0 heterocycles. The normalized spacial score (nSPS) is 11.7. The van der Waals surface area contributed by atoms with Gasteiger partial charge >= 0.3 is 0 Å². The number of ether oxygens (including phenoxy) is 1. The fourth-order valence-corrected chi connectivity index (χ4v) is 1.37. The molecule has 2 nitrogen and oxygen atoms in total. The molecule has 0 amide bonds. The molecule has 0 spiro atoms. The zero-order valence-corrected chi connectivity index (χ0v) is 9.92. The Morgan fingerprint density at radius 3 is 2.20 bits per heavy atom. The lowest BCUT2D eigenvalue weighted by atomic mass is 9.87. The van der Waals surface area contributed by atoms with Crippen molar-refractivity contribution in [1.82, 2.24) is 0 Å². The predicted molar refractivity (Wildman–Crippen MR) is 63.9 cm³/mol. The van der Waals surface area contributed by atoms with Crippen molar-refractivity contribution in [2.45, 2.75) is 32.8 Å². The van der Waals surface area contributed by atoms with Crippen LogP contribution in [0.1, 0.15) is 31.9 Å². The summed E-state index contributed by atoms with van der Waals surface area (Å²) < 4.78 is 5.37. The van der Waals surface area contributed by atoms with Gasteiger partial charge in [0, 0.05) is 6.54 Å². The quantitative estimate of drug-likeness (QED) is 0.770. The van der Waals surface area contributed by atoms with Crippen molar-refractivity contribution >= 4 is 0 Å². The van der Waals surface area contributed by atoms with E-state index in [1.165, 1.54) is 11.1 Å². The van der Waals surface area contributed by atoms with Crippen molar-refractivity contribution < 1.29 is 4.74 Å². The second-order valence-corrected chi connectivity index (χ2v) is 4.79. The molecule has 1 rings (SSSR count). The van der Waals surface area contributed by atoms with Crippen molar-refractivity contribution in [1.29, 1.82) is 0 Å². The molecule has 2 heteroatoms. The molecule has 0 aliphatic carbocycles. The standard InChI is InChI=1S/C13H21NO/c1-13(2,3)12-6-4-11(5-7-12)10-15-9-8-14/h4-7H,8-10,14H2,1-3H3. The molecule has 0 atom stereocenters. The molecule has 1 aromatic carbocycles. The van der Waals surface area contributed by atoms with E-state index in [9.17, 15) is 0 Å². The maximum Gasteiger partial charge on any atom is 0.0717 e. The first kappa shape index (κ1) is 12.2. The minimum absolute atomic E-state index is 0.219. The molecule has 15 heavy (non-hydrogen) atoms. The zero-order chi connectivity index (χ0) is 11.3. The van der Waals surface area contributed by atoms with Crippen LogP contribution in [0.25, 0.3) is 0 Å². The maximum absolute atomic E-state index is 5.37. The van der Waals surface area contributed by atoms with E-state index in [0.717, 1.165) is 0 Å². The summed E-state index contributed by atoms with van der Waals surface area (Å²) in [5.74, 6) is 0. The molecule has 0 aromatic heterocycles. The van der Waals surface area contributed by atoms with E-state index in [4.69, 9.17) is 10.5 Å². The van der Waals surface area contributed by atoms with Crippen LogP contribution in [0.4, 0.5) is 0 Å². The van der Waals surface area contributed by atoms with Crippen molar-refractivity contribution in [3.8, 4) is 0 Å². The SMILES string of the molecule is CC(C)(C)c1ccc(COCCN)cc1. The fraction of sp³-hybridized carbons (Fsp3) is 0.538. The Morgan fingerprint density at radius 2 is 1.73 bits per heavy atom. The van der Waals surface area contributed by atoms with Gasteiger partial charge in [0.05, 0.1) is 13.2 Å². The van der Waals surface area contributed by atoms with Crippen molar-refractivity contribution in [3.05, 3.63) is 35.4 Å². The highest BCUT2D eigenvalue weighted by Gasteiger charge is 2.12. The van der Waals surface area contributed by atoms with E-state index in [0.29, 0.717) is 19.8 Å². The van der Waals surface area contributed by atoms with Crippen LogP contribution >= 0.6 is 0 Å². The third-order valence-electron chi connectivity index (χ3n) is 2.35. The first-order chi connectivity index (χ1) is 7.04. The van der Waals surface area contributed by atoms with E-state index < -0.39 is 0 Å². The van der Waals surface area contributed by atoms with Crippen LogP contribution in [0.15, 0.2) is 24.3 Å². The topological polar surface area (TPSA) is 35.2 Å². The Bertz CT molecular complexity index is 284. The molecule has 0 radical (unpaired) electrons. The van der Waals surface area contributed by atoms with Crippen molar-refractivity contribution in [2.75, 3.05) is 13.2 Å². The summed E-state index contributed by atoms with van der Waals surface area (Å²) in [6.45, 7) is 8.51. The largest absolute Gasteiger partial charge is 0.375 e. The van der Waals surface area contributed by atoms with Gasteiger partial charge in [-0.25, -0.2) is 0 Å². The van der Waals surface area contributed by atoms with E-state index in [1.54, 1.807) is 0 Å². The molecule has 0 bridgehead atoms. The first-order valence-corrected chi connectivity index (χ1v) is 5.41. The molecule has 84 valence electrons. The van der Waals surface area contributed by atoms with Crippen LogP contribution in [-0.4, -0.2) is 13.2 Å². The highest BCUT2D eigenvalue weighted by Crippen LogP contribution is 2.22. The monoisotopic (exact) mass is 207 g/mol. The number of rotatable bonds is 4. The van der Waals surface area contributed by atoms with Crippen LogP contribution in [0.2, 0.25) is 0 Å². The van der Waals surface area contributed by atoms with Gasteiger partial charge in [-0.05, 0) is 16.5 Å². The highest BCUT2D eigenvalue weighted by molar-refractivity contribution is 5.27. The third kappa shape index (κ3) is 4.02. The molecular formula is C13H21NO. The van der Waals surface area contributed by atoms with Gasteiger partial charge in [0.1, 0.15) is 0 Å². The Morgan fingerprint density at radius 1 is 1.13 bits per heavy atom. The lowest BCUT2D eigenvalue weighted by Crippen LogP contribution is -2.11. The second-order valence-electron chi connectivity index (χ2n) is 4.79. The van der Waals surface area contributed by atoms with Crippen LogP contribution < -0.4 is 5.73 Å². The summed E-state index contributed by atoms with van der Waals surface area (Å²) in [5.41, 5.74) is 8.12. The Kier molecular flexibility index (Phi) is 4.30. The first-order valence-electron chi connectivity index (χ1n) is 5.41. The molecule has 0 fully saturated rings. The summed E-state index contributed by atoms with van der Waals surface area (Å²) in [6, 6.07) is 8.58. The van der Waals surface area contributed by atoms with Gasteiger partial charge in [0.15, 0.2) is 0 Å². The predicted octanol–water partition coefficient (Wildman–Crippen LogP) is 2.46. The van der Waals surface area contributed by atoms with Crippen LogP contribution in [0, 0.1) is 0 Å². The zero-order valence-electron chi connectivity index (χ0n) is 9.92. The van der Waals surface area contributed by atoms with E-state index >= 15 is 0 Å². The Labute approximate surface area is 92.4 Å². The van der Waals surface area contributed by atoms with Crippen LogP contribution in [-0.2, 0) is 16.8 Å². The third-order valence-corrected chi connectivity index (χ3v) is 2.35. The average molecular weight is 207 g/mol. The molecule has 0 aliphatic rings. The molecule has 1 aromatic rings. The van der Waals surface area contributed by atoms with E-state index in [2.05, 4.69) is 45.0 Å². The lowest BCUT2D eigenvalue weighted by molar-refractivity contribution is 0.128. The summed E-state index contributed by atoms with van der Waals surface area (Å²) in [6.07, 6.45) is 0. The highest BCUT2D eigenvalue weighted by atomic mass is 16.5. The second kappa shape index (κ2) is 5.29. The van der Waals surface area contributed by atoms with Gasteiger partial charge in [-0.2, -0.15) is 0 Å². The lowest BCUT2D eigenvalue weighted by Gasteiger charge is -2.19. The fourth-order valence-electron chi connectivity index (χ4n) is 1.37. The van der Waals surface area contributed by atoms with Crippen molar-refractivity contribution in [2.24, 2.45) is 5.73 Å². The number of hydrogen-bond acceptors (Lipinski definition) is 2. The van der Waals surface area contributed by atoms with Gasteiger partial charge in [-0.3, -0.25) is 0 Å². The van der Waals surface area contributed by atoms with Gasteiger partial charge in [-0.15, -0.1) is 0 Å². The number of nitrogens with two attached hydrogens (primary N) is 1. The van der Waals surface area contributed by atoms with Crippen molar-refractivity contribution in [3.63, 3.8) is 0 Å². The van der Waals surface area contributed by atoms with Gasteiger partial charge in [0.2, 0.25) is 0 Å². The van der Waals surface area contributed by atoms with Crippen LogP contribution in [0.5, 0.6) is 0 Å². The minimum Gasteiger partial charge on any atom is -0.375 e. The number of benzene rings is 1. The smallest absolute Gasteiger partial charge is 0.0717 e. The molecular weight excluding hydrogens is 186 g/mol. The number of hydrogen-bond donors (Lipinski definition) is 1. The van der Waals surface area contributed by atoms with Crippen LogP contribution in [0.3, 0.4) is 0 Å². The van der Waals surface area contributed by atoms with Gasteiger partial charge < -0.3 is 10.5 Å². The van der Waals surface area contributed by atoms with E-state index in [1.807, 2.05) is 0 Å². The van der Waals surface area contributed by atoms with E-state index in [-0.39, 0.29) is 5.41 Å². The summed E-state index contributed by atoms with van der Waals surface area (Å²) in [4.78, 5) is 0. The molecule has 0 unspecified atom stereocenters. The molecule has 0 saturated carbocycles. The van der Waals surface area contributed by atoms with Gasteiger partial charge in [0.25, 0.3) is 0 Å². The Balaban J connectivity index is 2.57. The molecule has 2 N–H and O–H groups in total. The molecule has 0 saturated heterocycles. The summed E-state index contributed by atoms with van der Waals surface area (Å²) in [7, 11) is 0. The van der Waals surface area contributed by atoms with Gasteiger partial charge in [-0.1, -0.05) is 45.0 Å². The Hall–Kier alpha value is -0.860. The maximum atomic E-state index is 5.37.